The Morgan fingerprint density at radius 2 is 1.77 bits per heavy atom. The molecule has 2 rings (SSSR count). The minimum absolute atomic E-state index is 1.12. The van der Waals surface area contributed by atoms with E-state index < -0.39 is 0 Å². The lowest BCUT2D eigenvalue weighted by atomic mass is 9.98. The SMILES string of the molecule is CCc1c(C)ccc2ccccc12. The second-order valence-corrected chi connectivity index (χ2v) is 3.44. The zero-order valence-electron chi connectivity index (χ0n) is 8.17. The van der Waals surface area contributed by atoms with Crippen LogP contribution < -0.4 is 0 Å². The van der Waals surface area contributed by atoms with Crippen LogP contribution in [0.15, 0.2) is 36.4 Å². The molecule has 0 aliphatic carbocycles. The van der Waals surface area contributed by atoms with E-state index in [-0.39, 0.29) is 0 Å². The smallest absolute Gasteiger partial charge is 0.0149 e. The largest absolute Gasteiger partial charge is 0.0616 e. The Morgan fingerprint density at radius 3 is 2.54 bits per heavy atom. The molecule has 0 bridgehead atoms. The molecule has 2 aromatic rings. The molecular formula is C13H14. The summed E-state index contributed by atoms with van der Waals surface area (Å²) in [6, 6.07) is 13.0. The quantitative estimate of drug-likeness (QED) is 0.612. The summed E-state index contributed by atoms with van der Waals surface area (Å²) < 4.78 is 0. The minimum Gasteiger partial charge on any atom is -0.0616 e. The predicted octanol–water partition coefficient (Wildman–Crippen LogP) is 3.71. The molecule has 0 aliphatic heterocycles. The highest BCUT2D eigenvalue weighted by molar-refractivity contribution is 5.86. The summed E-state index contributed by atoms with van der Waals surface area (Å²) in [7, 11) is 0. The van der Waals surface area contributed by atoms with Crippen LogP contribution in [0.25, 0.3) is 10.8 Å². The van der Waals surface area contributed by atoms with Crippen molar-refractivity contribution in [1.29, 1.82) is 0 Å². The number of benzene rings is 2. The van der Waals surface area contributed by atoms with E-state index in [1.54, 1.807) is 0 Å². The van der Waals surface area contributed by atoms with Crippen LogP contribution >= 0.6 is 0 Å². The Balaban J connectivity index is 2.84. The number of fused-ring (bicyclic) bond motifs is 1. The Bertz CT molecular complexity index is 427. The normalized spacial score (nSPS) is 10.6. The number of hydrogen-bond acceptors (Lipinski definition) is 0. The third-order valence-corrected chi connectivity index (χ3v) is 2.63. The van der Waals surface area contributed by atoms with Crippen molar-refractivity contribution in [2.24, 2.45) is 0 Å². The molecule has 0 heteroatoms. The average Bonchev–Trinajstić information content (AvgIpc) is 2.18. The fourth-order valence-electron chi connectivity index (χ4n) is 1.91. The van der Waals surface area contributed by atoms with E-state index in [4.69, 9.17) is 0 Å². The van der Waals surface area contributed by atoms with Gasteiger partial charge in [0.15, 0.2) is 0 Å². The van der Waals surface area contributed by atoms with Gasteiger partial charge in [0.05, 0.1) is 0 Å². The first kappa shape index (κ1) is 8.31. The molecule has 0 amide bonds. The van der Waals surface area contributed by atoms with Crippen molar-refractivity contribution in [2.75, 3.05) is 0 Å². The van der Waals surface area contributed by atoms with Gasteiger partial charge in [0.25, 0.3) is 0 Å². The van der Waals surface area contributed by atoms with Crippen LogP contribution in [0.2, 0.25) is 0 Å². The first-order valence-corrected chi connectivity index (χ1v) is 4.80. The van der Waals surface area contributed by atoms with Gasteiger partial charge in [0.2, 0.25) is 0 Å². The van der Waals surface area contributed by atoms with Crippen LogP contribution in [0.4, 0.5) is 0 Å². The summed E-state index contributed by atoms with van der Waals surface area (Å²) >= 11 is 0. The summed E-state index contributed by atoms with van der Waals surface area (Å²) in [5.41, 5.74) is 2.89. The van der Waals surface area contributed by atoms with Gasteiger partial charge in [-0.2, -0.15) is 0 Å². The average molecular weight is 170 g/mol. The van der Waals surface area contributed by atoms with Gasteiger partial charge in [-0.05, 0) is 35.2 Å². The molecular weight excluding hydrogens is 156 g/mol. The summed E-state index contributed by atoms with van der Waals surface area (Å²) in [6.07, 6.45) is 1.12. The zero-order chi connectivity index (χ0) is 9.26. The van der Waals surface area contributed by atoms with Crippen LogP contribution in [-0.2, 0) is 6.42 Å². The Kier molecular flexibility index (Phi) is 2.05. The van der Waals surface area contributed by atoms with E-state index >= 15 is 0 Å². The fraction of sp³-hybridized carbons (Fsp3) is 0.231. The van der Waals surface area contributed by atoms with Crippen LogP contribution in [0.5, 0.6) is 0 Å². The summed E-state index contributed by atoms with van der Waals surface area (Å²) in [6.45, 7) is 4.40. The highest BCUT2D eigenvalue weighted by Gasteiger charge is 2.00. The molecule has 0 atom stereocenters. The number of rotatable bonds is 1. The standard InChI is InChI=1S/C13H14/c1-3-12-10(2)8-9-11-6-4-5-7-13(11)12/h4-9H,3H2,1-2H3. The second-order valence-electron chi connectivity index (χ2n) is 3.44. The van der Waals surface area contributed by atoms with Gasteiger partial charge in [-0.15, -0.1) is 0 Å². The summed E-state index contributed by atoms with van der Waals surface area (Å²) in [5, 5.41) is 2.76. The molecule has 13 heavy (non-hydrogen) atoms. The van der Waals surface area contributed by atoms with Crippen LogP contribution in [0.1, 0.15) is 18.1 Å². The molecule has 0 saturated heterocycles. The Labute approximate surface area is 79.2 Å². The van der Waals surface area contributed by atoms with E-state index in [0.29, 0.717) is 0 Å². The molecule has 0 heterocycles. The van der Waals surface area contributed by atoms with E-state index in [1.807, 2.05) is 0 Å². The highest BCUT2D eigenvalue weighted by atomic mass is 14.1. The van der Waals surface area contributed by atoms with Gasteiger partial charge in [-0.25, -0.2) is 0 Å². The molecule has 0 fully saturated rings. The van der Waals surface area contributed by atoms with Gasteiger partial charge in [0.1, 0.15) is 0 Å². The first-order chi connectivity index (χ1) is 6.33. The molecule has 0 spiro atoms. The van der Waals surface area contributed by atoms with Gasteiger partial charge in [-0.1, -0.05) is 43.3 Å². The van der Waals surface area contributed by atoms with Gasteiger partial charge < -0.3 is 0 Å². The van der Waals surface area contributed by atoms with Crippen LogP contribution in [-0.4, -0.2) is 0 Å². The van der Waals surface area contributed by atoms with Crippen LogP contribution in [0, 0.1) is 6.92 Å². The van der Waals surface area contributed by atoms with Crippen molar-refractivity contribution in [3.63, 3.8) is 0 Å². The maximum atomic E-state index is 2.22. The molecule has 66 valence electrons. The lowest BCUT2D eigenvalue weighted by molar-refractivity contribution is 1.13. The Morgan fingerprint density at radius 1 is 1.00 bits per heavy atom. The maximum Gasteiger partial charge on any atom is -0.0149 e. The van der Waals surface area contributed by atoms with Crippen molar-refractivity contribution in [2.45, 2.75) is 20.3 Å². The molecule has 0 aromatic heterocycles. The molecule has 0 N–H and O–H groups in total. The van der Waals surface area contributed by atoms with Gasteiger partial charge in [-0.3, -0.25) is 0 Å². The predicted molar refractivity (Wildman–Crippen MR) is 58.1 cm³/mol. The molecule has 0 aliphatic rings. The Hall–Kier alpha value is -1.30. The van der Waals surface area contributed by atoms with Crippen molar-refractivity contribution in [1.82, 2.24) is 0 Å². The zero-order valence-corrected chi connectivity index (χ0v) is 8.17. The summed E-state index contributed by atoms with van der Waals surface area (Å²) in [4.78, 5) is 0. The molecule has 0 unspecified atom stereocenters. The van der Waals surface area contributed by atoms with E-state index in [0.717, 1.165) is 6.42 Å². The van der Waals surface area contributed by atoms with E-state index in [1.165, 1.54) is 21.9 Å². The fourth-order valence-corrected chi connectivity index (χ4v) is 1.91. The molecule has 2 aromatic carbocycles. The maximum absolute atomic E-state index is 2.22. The lowest BCUT2D eigenvalue weighted by Crippen LogP contribution is -1.87. The minimum atomic E-state index is 1.12. The number of hydrogen-bond donors (Lipinski definition) is 0. The van der Waals surface area contributed by atoms with Crippen molar-refractivity contribution >= 4 is 10.8 Å². The number of aryl methyl sites for hydroxylation is 2. The second kappa shape index (κ2) is 3.21. The molecule has 0 radical (unpaired) electrons. The summed E-state index contributed by atoms with van der Waals surface area (Å²) in [5.74, 6) is 0. The topological polar surface area (TPSA) is 0 Å². The molecule has 0 saturated carbocycles. The third kappa shape index (κ3) is 1.33. The van der Waals surface area contributed by atoms with Crippen LogP contribution in [0.3, 0.4) is 0 Å². The van der Waals surface area contributed by atoms with Crippen molar-refractivity contribution < 1.29 is 0 Å². The molecule has 0 nitrogen and oxygen atoms in total. The van der Waals surface area contributed by atoms with E-state index in [2.05, 4.69) is 50.2 Å². The van der Waals surface area contributed by atoms with Crippen molar-refractivity contribution in [3.05, 3.63) is 47.5 Å². The van der Waals surface area contributed by atoms with Crippen molar-refractivity contribution in [3.8, 4) is 0 Å². The monoisotopic (exact) mass is 170 g/mol. The first-order valence-electron chi connectivity index (χ1n) is 4.80. The lowest BCUT2D eigenvalue weighted by Gasteiger charge is -2.07. The van der Waals surface area contributed by atoms with Gasteiger partial charge >= 0.3 is 0 Å². The van der Waals surface area contributed by atoms with Gasteiger partial charge in [0, 0.05) is 0 Å². The highest BCUT2D eigenvalue weighted by Crippen LogP contribution is 2.22. The third-order valence-electron chi connectivity index (χ3n) is 2.63. The van der Waals surface area contributed by atoms with E-state index in [9.17, 15) is 0 Å².